The molecule has 2 heterocycles. The smallest absolute Gasteiger partial charge is 0.350 e. The van der Waals surface area contributed by atoms with Crippen molar-refractivity contribution in [1.82, 2.24) is 24.6 Å². The number of benzene rings is 2. The van der Waals surface area contributed by atoms with Crippen LogP contribution in [0.1, 0.15) is 35.7 Å². The van der Waals surface area contributed by atoms with Crippen molar-refractivity contribution in [3.05, 3.63) is 82.0 Å². The molecular weight excluding hydrogens is 390 g/mol. The highest BCUT2D eigenvalue weighted by atomic mass is 16.2. The minimum absolute atomic E-state index is 0.0399. The molecule has 31 heavy (non-hydrogen) atoms. The molecule has 1 amide bonds. The largest absolute Gasteiger partial charge is 0.351 e. The molecule has 162 valence electrons. The summed E-state index contributed by atoms with van der Waals surface area (Å²) >= 11 is 0. The second kappa shape index (κ2) is 9.31. The third kappa shape index (κ3) is 4.94. The molecule has 0 aliphatic carbocycles. The van der Waals surface area contributed by atoms with Crippen molar-refractivity contribution in [1.29, 1.82) is 0 Å². The minimum atomic E-state index is -0.126. The number of aromatic nitrogens is 3. The highest BCUT2D eigenvalue weighted by Gasteiger charge is 2.27. The first-order valence-corrected chi connectivity index (χ1v) is 10.8. The topological polar surface area (TPSA) is 72.2 Å². The summed E-state index contributed by atoms with van der Waals surface area (Å²) in [6.45, 7) is 4.61. The Morgan fingerprint density at radius 3 is 2.42 bits per heavy atom. The second-order valence-electron chi connectivity index (χ2n) is 8.25. The van der Waals surface area contributed by atoms with Crippen LogP contribution in [0.15, 0.2) is 59.4 Å². The van der Waals surface area contributed by atoms with Crippen molar-refractivity contribution in [2.45, 2.75) is 32.2 Å². The van der Waals surface area contributed by atoms with E-state index in [0.29, 0.717) is 13.1 Å². The van der Waals surface area contributed by atoms with E-state index in [1.807, 2.05) is 42.5 Å². The van der Waals surface area contributed by atoms with Crippen molar-refractivity contribution in [3.8, 4) is 5.69 Å². The lowest BCUT2D eigenvalue weighted by Crippen LogP contribution is -2.41. The van der Waals surface area contributed by atoms with Gasteiger partial charge >= 0.3 is 5.69 Å². The van der Waals surface area contributed by atoms with E-state index in [1.54, 1.807) is 11.6 Å². The number of amides is 1. The van der Waals surface area contributed by atoms with Crippen LogP contribution in [-0.2, 0) is 18.4 Å². The molecule has 0 unspecified atom stereocenters. The van der Waals surface area contributed by atoms with E-state index in [4.69, 9.17) is 0 Å². The molecule has 1 aliphatic heterocycles. The van der Waals surface area contributed by atoms with Gasteiger partial charge in [0, 0.05) is 19.5 Å². The Bertz CT molecular complexity index is 1080. The molecule has 1 saturated heterocycles. The maximum absolute atomic E-state index is 12.7. The van der Waals surface area contributed by atoms with Gasteiger partial charge in [0.25, 0.3) is 0 Å². The zero-order valence-corrected chi connectivity index (χ0v) is 18.1. The van der Waals surface area contributed by atoms with E-state index < -0.39 is 0 Å². The quantitative estimate of drug-likeness (QED) is 0.666. The van der Waals surface area contributed by atoms with E-state index in [9.17, 15) is 9.59 Å². The van der Waals surface area contributed by atoms with Gasteiger partial charge in [-0.15, -0.1) is 0 Å². The third-order valence-electron chi connectivity index (χ3n) is 5.89. The summed E-state index contributed by atoms with van der Waals surface area (Å²) in [7, 11) is 1.69. The maximum Gasteiger partial charge on any atom is 0.350 e. The molecule has 0 bridgehead atoms. The van der Waals surface area contributed by atoms with Gasteiger partial charge in [-0.1, -0.05) is 48.0 Å². The van der Waals surface area contributed by atoms with Crippen molar-refractivity contribution >= 4 is 5.91 Å². The minimum Gasteiger partial charge on any atom is -0.351 e. The Labute approximate surface area is 182 Å². The van der Waals surface area contributed by atoms with Crippen LogP contribution in [0.3, 0.4) is 0 Å². The molecule has 3 aromatic rings. The standard InChI is InChI=1S/C24H29N5O2/c1-18-8-10-19(11-9-18)16-25-22(30)17-28-14-12-20(13-15-28)23-26-27(2)24(31)29(23)21-6-4-3-5-7-21/h3-11,20H,12-17H2,1-2H3,(H,25,30). The fourth-order valence-electron chi connectivity index (χ4n) is 4.08. The van der Waals surface area contributed by atoms with Crippen LogP contribution >= 0.6 is 0 Å². The van der Waals surface area contributed by atoms with Gasteiger partial charge in [-0.3, -0.25) is 9.69 Å². The molecule has 0 saturated carbocycles. The van der Waals surface area contributed by atoms with Gasteiger partial charge in [-0.05, 0) is 50.6 Å². The number of piperidine rings is 1. The summed E-state index contributed by atoms with van der Waals surface area (Å²) in [5.41, 5.74) is 3.03. The predicted octanol–water partition coefficient (Wildman–Crippen LogP) is 2.38. The van der Waals surface area contributed by atoms with E-state index in [1.165, 1.54) is 10.2 Å². The monoisotopic (exact) mass is 419 g/mol. The molecule has 1 fully saturated rings. The average molecular weight is 420 g/mol. The van der Waals surface area contributed by atoms with Crippen LogP contribution in [-0.4, -0.2) is 44.8 Å². The Balaban J connectivity index is 1.34. The number of carbonyl (C=O) groups is 1. The van der Waals surface area contributed by atoms with Gasteiger partial charge in [-0.25, -0.2) is 14.0 Å². The molecule has 1 N–H and O–H groups in total. The number of hydrogen-bond donors (Lipinski definition) is 1. The lowest BCUT2D eigenvalue weighted by Gasteiger charge is -2.31. The Morgan fingerprint density at radius 1 is 1.06 bits per heavy atom. The third-order valence-corrected chi connectivity index (χ3v) is 5.89. The first-order valence-electron chi connectivity index (χ1n) is 10.8. The van der Waals surface area contributed by atoms with Crippen LogP contribution < -0.4 is 11.0 Å². The van der Waals surface area contributed by atoms with Gasteiger partial charge < -0.3 is 5.32 Å². The molecule has 4 rings (SSSR count). The van der Waals surface area contributed by atoms with E-state index >= 15 is 0 Å². The van der Waals surface area contributed by atoms with E-state index in [-0.39, 0.29) is 17.5 Å². The van der Waals surface area contributed by atoms with Crippen molar-refractivity contribution in [2.75, 3.05) is 19.6 Å². The van der Waals surface area contributed by atoms with Gasteiger partial charge in [0.2, 0.25) is 5.91 Å². The van der Waals surface area contributed by atoms with Gasteiger partial charge in [0.1, 0.15) is 5.82 Å². The molecule has 2 aromatic carbocycles. The number of likely N-dealkylation sites (tertiary alicyclic amines) is 1. The molecule has 0 radical (unpaired) electrons. The summed E-state index contributed by atoms with van der Waals surface area (Å²) in [5, 5.41) is 7.54. The highest BCUT2D eigenvalue weighted by molar-refractivity contribution is 5.78. The number of carbonyl (C=O) groups excluding carboxylic acids is 1. The van der Waals surface area contributed by atoms with Crippen LogP contribution in [0.4, 0.5) is 0 Å². The van der Waals surface area contributed by atoms with Crippen molar-refractivity contribution in [3.63, 3.8) is 0 Å². The van der Waals surface area contributed by atoms with Gasteiger partial charge in [-0.2, -0.15) is 5.10 Å². The first kappa shape index (κ1) is 21.1. The molecule has 7 nitrogen and oxygen atoms in total. The summed E-state index contributed by atoms with van der Waals surface area (Å²) in [6.07, 6.45) is 1.74. The zero-order chi connectivity index (χ0) is 21.8. The normalized spacial score (nSPS) is 15.2. The highest BCUT2D eigenvalue weighted by Crippen LogP contribution is 2.27. The van der Waals surface area contributed by atoms with Crippen molar-refractivity contribution < 1.29 is 4.79 Å². The Hall–Kier alpha value is -3.19. The van der Waals surface area contributed by atoms with Crippen LogP contribution in [0.25, 0.3) is 5.69 Å². The summed E-state index contributed by atoms with van der Waals surface area (Å²) in [5.74, 6) is 1.04. The summed E-state index contributed by atoms with van der Waals surface area (Å²) in [6, 6.07) is 17.8. The number of aryl methyl sites for hydroxylation is 2. The number of para-hydroxylation sites is 1. The lowest BCUT2D eigenvalue weighted by molar-refractivity contribution is -0.122. The molecule has 1 aliphatic rings. The van der Waals surface area contributed by atoms with Gasteiger partial charge in [0.15, 0.2) is 0 Å². The number of nitrogens with one attached hydrogen (secondary N) is 1. The first-order chi connectivity index (χ1) is 15.0. The predicted molar refractivity (Wildman–Crippen MR) is 120 cm³/mol. The van der Waals surface area contributed by atoms with Crippen molar-refractivity contribution in [2.24, 2.45) is 7.05 Å². The van der Waals surface area contributed by atoms with Crippen LogP contribution in [0, 0.1) is 6.92 Å². The van der Waals surface area contributed by atoms with E-state index in [2.05, 4.69) is 34.4 Å². The zero-order valence-electron chi connectivity index (χ0n) is 18.1. The average Bonchev–Trinajstić information content (AvgIpc) is 3.09. The SMILES string of the molecule is Cc1ccc(CNC(=O)CN2CCC(c3nn(C)c(=O)n3-c3ccccc3)CC2)cc1. The maximum atomic E-state index is 12.7. The molecule has 0 spiro atoms. The Kier molecular flexibility index (Phi) is 6.32. The molecular formula is C24H29N5O2. The fourth-order valence-corrected chi connectivity index (χ4v) is 4.08. The number of hydrogen-bond acceptors (Lipinski definition) is 4. The van der Waals surface area contributed by atoms with Crippen LogP contribution in [0.5, 0.6) is 0 Å². The molecule has 0 atom stereocenters. The molecule has 1 aromatic heterocycles. The van der Waals surface area contributed by atoms with Gasteiger partial charge in [0.05, 0.1) is 12.2 Å². The fraction of sp³-hybridized carbons (Fsp3) is 0.375. The van der Waals surface area contributed by atoms with E-state index in [0.717, 1.165) is 43.0 Å². The molecule has 7 heteroatoms. The lowest BCUT2D eigenvalue weighted by atomic mass is 9.95. The Morgan fingerprint density at radius 2 is 1.74 bits per heavy atom. The second-order valence-corrected chi connectivity index (χ2v) is 8.25. The number of rotatable bonds is 6. The number of nitrogens with zero attached hydrogens (tertiary/aromatic N) is 4. The summed E-state index contributed by atoms with van der Waals surface area (Å²) < 4.78 is 3.13. The summed E-state index contributed by atoms with van der Waals surface area (Å²) in [4.78, 5) is 27.2. The van der Waals surface area contributed by atoms with Crippen LogP contribution in [0.2, 0.25) is 0 Å².